The number of sulfonamides is 1. The van der Waals surface area contributed by atoms with Crippen LogP contribution in [-0.2, 0) is 10.0 Å². The summed E-state index contributed by atoms with van der Waals surface area (Å²) in [5, 5.41) is 3.21. The molecule has 0 aromatic heterocycles. The molecule has 5 heteroatoms. The Balaban J connectivity index is 3.72. The van der Waals surface area contributed by atoms with Crippen LogP contribution in [0.2, 0.25) is 0 Å². The Morgan fingerprint density at radius 3 is 2.14 bits per heavy atom. The zero-order valence-corrected chi connectivity index (χ0v) is 10.2. The van der Waals surface area contributed by atoms with E-state index in [1.165, 1.54) is 0 Å². The molecule has 0 heterocycles. The van der Waals surface area contributed by atoms with Gasteiger partial charge in [0, 0.05) is 19.1 Å². The maximum absolute atomic E-state index is 11.2. The van der Waals surface area contributed by atoms with Gasteiger partial charge in [0.05, 0.1) is 5.75 Å². The summed E-state index contributed by atoms with van der Waals surface area (Å²) in [6.45, 7) is 6.97. The van der Waals surface area contributed by atoms with Crippen molar-refractivity contribution in [2.75, 3.05) is 18.8 Å². The van der Waals surface area contributed by atoms with Crippen molar-refractivity contribution in [1.82, 2.24) is 10.0 Å². The van der Waals surface area contributed by atoms with Crippen molar-refractivity contribution >= 4 is 10.0 Å². The Labute approximate surface area is 87.5 Å². The van der Waals surface area contributed by atoms with E-state index in [-0.39, 0.29) is 5.75 Å². The molecule has 0 rings (SSSR count). The van der Waals surface area contributed by atoms with Gasteiger partial charge in [-0.05, 0) is 12.8 Å². The highest BCUT2D eigenvalue weighted by Gasteiger charge is 2.09. The molecular formula is C9H22N2O2S. The van der Waals surface area contributed by atoms with E-state index in [2.05, 4.69) is 23.9 Å². The van der Waals surface area contributed by atoms with Gasteiger partial charge < -0.3 is 5.32 Å². The van der Waals surface area contributed by atoms with Crippen molar-refractivity contribution in [2.24, 2.45) is 0 Å². The number of hydrogen-bond donors (Lipinski definition) is 2. The van der Waals surface area contributed by atoms with Gasteiger partial charge in [0.15, 0.2) is 0 Å². The summed E-state index contributed by atoms with van der Waals surface area (Å²) < 4.78 is 24.9. The Bertz CT molecular complexity index is 223. The highest BCUT2D eigenvalue weighted by Crippen LogP contribution is 1.95. The third kappa shape index (κ3) is 6.34. The van der Waals surface area contributed by atoms with Crippen molar-refractivity contribution in [2.45, 2.75) is 39.7 Å². The highest BCUT2D eigenvalue weighted by molar-refractivity contribution is 7.89. The van der Waals surface area contributed by atoms with Crippen molar-refractivity contribution in [3.8, 4) is 0 Å². The number of rotatable bonds is 8. The molecule has 0 aliphatic rings. The van der Waals surface area contributed by atoms with Crippen LogP contribution in [0, 0.1) is 0 Å². The summed E-state index contributed by atoms with van der Waals surface area (Å²) in [6.07, 6.45) is 2.08. The summed E-state index contributed by atoms with van der Waals surface area (Å²) >= 11 is 0. The predicted octanol–water partition coefficient (Wildman–Crippen LogP) is 0.704. The standard InChI is InChI=1S/C9H22N2O2S/c1-4-9(5-2)10-7-8-14(12,13)11-6-3/h9-11H,4-8H2,1-3H3. The lowest BCUT2D eigenvalue weighted by Gasteiger charge is -2.14. The lowest BCUT2D eigenvalue weighted by Crippen LogP contribution is -2.36. The maximum Gasteiger partial charge on any atom is 0.212 e. The van der Waals surface area contributed by atoms with Crippen LogP contribution in [-0.4, -0.2) is 33.3 Å². The van der Waals surface area contributed by atoms with Gasteiger partial charge in [0.25, 0.3) is 0 Å². The third-order valence-electron chi connectivity index (χ3n) is 2.15. The monoisotopic (exact) mass is 222 g/mol. The van der Waals surface area contributed by atoms with Gasteiger partial charge in [-0.2, -0.15) is 0 Å². The maximum atomic E-state index is 11.2. The molecule has 0 saturated heterocycles. The molecule has 0 aromatic rings. The molecule has 0 spiro atoms. The minimum Gasteiger partial charge on any atom is -0.313 e. The van der Waals surface area contributed by atoms with Crippen molar-refractivity contribution in [3.05, 3.63) is 0 Å². The van der Waals surface area contributed by atoms with Gasteiger partial charge in [0.1, 0.15) is 0 Å². The van der Waals surface area contributed by atoms with Crippen LogP contribution in [0.3, 0.4) is 0 Å². The normalized spacial score (nSPS) is 12.3. The molecule has 0 aromatic carbocycles. The van der Waals surface area contributed by atoms with E-state index < -0.39 is 10.0 Å². The smallest absolute Gasteiger partial charge is 0.212 e. The van der Waals surface area contributed by atoms with E-state index >= 15 is 0 Å². The fraction of sp³-hybridized carbons (Fsp3) is 1.00. The third-order valence-corrected chi connectivity index (χ3v) is 3.62. The van der Waals surface area contributed by atoms with Gasteiger partial charge in [-0.15, -0.1) is 0 Å². The number of hydrogen-bond acceptors (Lipinski definition) is 3. The molecule has 14 heavy (non-hydrogen) atoms. The Morgan fingerprint density at radius 2 is 1.71 bits per heavy atom. The van der Waals surface area contributed by atoms with E-state index in [0.717, 1.165) is 12.8 Å². The number of nitrogens with one attached hydrogen (secondary N) is 2. The first-order chi connectivity index (χ1) is 6.55. The first-order valence-corrected chi connectivity index (χ1v) is 6.91. The first kappa shape index (κ1) is 13.9. The van der Waals surface area contributed by atoms with Gasteiger partial charge in [-0.25, -0.2) is 13.1 Å². The Hall–Kier alpha value is -0.130. The van der Waals surface area contributed by atoms with Gasteiger partial charge >= 0.3 is 0 Å². The van der Waals surface area contributed by atoms with Crippen LogP contribution in [0.4, 0.5) is 0 Å². The highest BCUT2D eigenvalue weighted by atomic mass is 32.2. The van der Waals surface area contributed by atoms with Gasteiger partial charge in [-0.3, -0.25) is 0 Å². The molecule has 0 aliphatic heterocycles. The van der Waals surface area contributed by atoms with Gasteiger partial charge in [-0.1, -0.05) is 20.8 Å². The zero-order valence-electron chi connectivity index (χ0n) is 9.34. The lowest BCUT2D eigenvalue weighted by atomic mass is 10.2. The fourth-order valence-electron chi connectivity index (χ4n) is 1.27. The molecule has 0 saturated carbocycles. The molecule has 0 radical (unpaired) electrons. The summed E-state index contributed by atoms with van der Waals surface area (Å²) in [6, 6.07) is 0.437. The topological polar surface area (TPSA) is 58.2 Å². The second-order valence-corrected chi connectivity index (χ2v) is 5.21. The molecule has 0 unspecified atom stereocenters. The van der Waals surface area contributed by atoms with Crippen LogP contribution in [0.1, 0.15) is 33.6 Å². The van der Waals surface area contributed by atoms with Crippen LogP contribution < -0.4 is 10.0 Å². The van der Waals surface area contributed by atoms with E-state index in [1.54, 1.807) is 6.92 Å². The summed E-state index contributed by atoms with van der Waals surface area (Å²) in [4.78, 5) is 0. The average molecular weight is 222 g/mol. The van der Waals surface area contributed by atoms with Crippen LogP contribution >= 0.6 is 0 Å². The van der Waals surface area contributed by atoms with E-state index in [1.807, 2.05) is 0 Å². The SMILES string of the molecule is CCNS(=O)(=O)CCNC(CC)CC. The molecule has 0 fully saturated rings. The summed E-state index contributed by atoms with van der Waals surface area (Å²) in [5.41, 5.74) is 0. The summed E-state index contributed by atoms with van der Waals surface area (Å²) in [7, 11) is -3.06. The van der Waals surface area contributed by atoms with Crippen molar-refractivity contribution in [3.63, 3.8) is 0 Å². The van der Waals surface area contributed by atoms with Crippen LogP contribution in [0.25, 0.3) is 0 Å². The van der Waals surface area contributed by atoms with Crippen LogP contribution in [0.5, 0.6) is 0 Å². The Kier molecular flexibility index (Phi) is 7.13. The summed E-state index contributed by atoms with van der Waals surface area (Å²) in [5.74, 6) is 0.164. The molecule has 0 atom stereocenters. The fourth-order valence-corrected chi connectivity index (χ4v) is 2.24. The molecule has 4 nitrogen and oxygen atoms in total. The van der Waals surface area contributed by atoms with Crippen molar-refractivity contribution in [1.29, 1.82) is 0 Å². The lowest BCUT2D eigenvalue weighted by molar-refractivity contribution is 0.496. The zero-order chi connectivity index (χ0) is 11.0. The quantitative estimate of drug-likeness (QED) is 0.636. The predicted molar refractivity (Wildman–Crippen MR) is 59.8 cm³/mol. The van der Waals surface area contributed by atoms with E-state index in [0.29, 0.717) is 19.1 Å². The van der Waals surface area contributed by atoms with Gasteiger partial charge in [0.2, 0.25) is 10.0 Å². The molecule has 0 aliphatic carbocycles. The molecule has 0 bridgehead atoms. The molecule has 86 valence electrons. The average Bonchev–Trinajstić information content (AvgIpc) is 2.12. The molecular weight excluding hydrogens is 200 g/mol. The first-order valence-electron chi connectivity index (χ1n) is 5.26. The van der Waals surface area contributed by atoms with E-state index in [9.17, 15) is 8.42 Å². The van der Waals surface area contributed by atoms with E-state index in [4.69, 9.17) is 0 Å². The molecule has 2 N–H and O–H groups in total. The second kappa shape index (κ2) is 7.20. The Morgan fingerprint density at radius 1 is 1.14 bits per heavy atom. The second-order valence-electron chi connectivity index (χ2n) is 3.28. The largest absolute Gasteiger partial charge is 0.313 e. The minimum absolute atomic E-state index is 0.164. The van der Waals surface area contributed by atoms with Crippen molar-refractivity contribution < 1.29 is 8.42 Å². The van der Waals surface area contributed by atoms with Crippen LogP contribution in [0.15, 0.2) is 0 Å². The molecule has 0 amide bonds. The minimum atomic E-state index is -3.06.